The fourth-order valence-electron chi connectivity index (χ4n) is 3.47. The average Bonchev–Trinajstić information content (AvgIpc) is 3.16. The molecule has 0 saturated carbocycles. The highest BCUT2D eigenvalue weighted by atomic mass is 16.2. The molecule has 0 unspecified atom stereocenters. The van der Waals surface area contributed by atoms with Crippen molar-refractivity contribution < 1.29 is 9.59 Å². The SMILES string of the molecule is O=C(NCc1nc2ccccc2[nH]1)C1CCN(C(=O)Nc2ccccc2)CC1. The standard InChI is InChI=1S/C21H23N5O2/c27-20(22-14-19-24-17-8-4-5-9-18(17)25-19)15-10-12-26(13-11-15)21(28)23-16-6-2-1-3-7-16/h1-9,15H,10-14H2,(H,22,27)(H,23,28)(H,24,25). The van der Waals surface area contributed by atoms with Crippen LogP contribution in [0.2, 0.25) is 0 Å². The summed E-state index contributed by atoms with van der Waals surface area (Å²) in [7, 11) is 0. The number of aromatic amines is 1. The van der Waals surface area contributed by atoms with Crippen LogP contribution in [0.5, 0.6) is 0 Å². The molecule has 0 atom stereocenters. The Balaban J connectivity index is 1.25. The van der Waals surface area contributed by atoms with Crippen LogP contribution in [0, 0.1) is 5.92 Å². The van der Waals surface area contributed by atoms with E-state index in [1.807, 2.05) is 54.6 Å². The number of rotatable bonds is 4. The lowest BCUT2D eigenvalue weighted by atomic mass is 9.96. The Morgan fingerprint density at radius 1 is 1.04 bits per heavy atom. The van der Waals surface area contributed by atoms with Crippen molar-refractivity contribution in [2.45, 2.75) is 19.4 Å². The number of hydrogen-bond acceptors (Lipinski definition) is 3. The number of urea groups is 1. The number of amides is 3. The zero-order chi connectivity index (χ0) is 19.3. The lowest BCUT2D eigenvalue weighted by Crippen LogP contribution is -2.44. The van der Waals surface area contributed by atoms with Crippen molar-refractivity contribution in [2.24, 2.45) is 5.92 Å². The first-order chi connectivity index (χ1) is 13.7. The molecule has 1 aliphatic heterocycles. The molecular formula is C21H23N5O2. The number of para-hydroxylation sites is 3. The van der Waals surface area contributed by atoms with Gasteiger partial charge in [0, 0.05) is 24.7 Å². The zero-order valence-electron chi connectivity index (χ0n) is 15.5. The number of piperidine rings is 1. The second-order valence-corrected chi connectivity index (χ2v) is 6.98. The van der Waals surface area contributed by atoms with Gasteiger partial charge in [0.25, 0.3) is 0 Å². The minimum atomic E-state index is -0.118. The summed E-state index contributed by atoms with van der Waals surface area (Å²) in [5.74, 6) is 0.683. The van der Waals surface area contributed by atoms with Crippen LogP contribution in [0.3, 0.4) is 0 Å². The molecule has 1 aromatic heterocycles. The second kappa shape index (κ2) is 8.12. The zero-order valence-corrected chi connectivity index (χ0v) is 15.5. The summed E-state index contributed by atoms with van der Waals surface area (Å²) in [5.41, 5.74) is 2.63. The number of anilines is 1. The molecule has 0 radical (unpaired) electrons. The number of nitrogens with one attached hydrogen (secondary N) is 3. The summed E-state index contributed by atoms with van der Waals surface area (Å²) in [5, 5.41) is 5.85. The van der Waals surface area contributed by atoms with Crippen LogP contribution in [0.4, 0.5) is 10.5 Å². The molecule has 0 spiro atoms. The van der Waals surface area contributed by atoms with Crippen LogP contribution in [-0.4, -0.2) is 39.9 Å². The van der Waals surface area contributed by atoms with E-state index in [-0.39, 0.29) is 17.9 Å². The van der Waals surface area contributed by atoms with Crippen molar-refractivity contribution in [3.8, 4) is 0 Å². The van der Waals surface area contributed by atoms with Crippen LogP contribution < -0.4 is 10.6 Å². The minimum absolute atomic E-state index is 0.0172. The maximum Gasteiger partial charge on any atom is 0.321 e. The highest BCUT2D eigenvalue weighted by Gasteiger charge is 2.27. The van der Waals surface area contributed by atoms with E-state index in [1.54, 1.807) is 4.90 Å². The van der Waals surface area contributed by atoms with Crippen molar-refractivity contribution in [1.82, 2.24) is 20.2 Å². The van der Waals surface area contributed by atoms with E-state index in [2.05, 4.69) is 20.6 Å². The molecular weight excluding hydrogens is 354 g/mol. The maximum atomic E-state index is 12.5. The molecule has 1 aliphatic rings. The normalized spacial score (nSPS) is 14.8. The highest BCUT2D eigenvalue weighted by Crippen LogP contribution is 2.19. The molecule has 2 heterocycles. The van der Waals surface area contributed by atoms with E-state index in [4.69, 9.17) is 0 Å². The third-order valence-corrected chi connectivity index (χ3v) is 5.05. The first-order valence-corrected chi connectivity index (χ1v) is 9.51. The first-order valence-electron chi connectivity index (χ1n) is 9.51. The second-order valence-electron chi connectivity index (χ2n) is 6.98. The Morgan fingerprint density at radius 3 is 2.50 bits per heavy atom. The van der Waals surface area contributed by atoms with Gasteiger partial charge in [-0.1, -0.05) is 30.3 Å². The van der Waals surface area contributed by atoms with Crippen molar-refractivity contribution >= 4 is 28.7 Å². The molecule has 144 valence electrons. The lowest BCUT2D eigenvalue weighted by molar-refractivity contribution is -0.126. The fraction of sp³-hybridized carbons (Fsp3) is 0.286. The Hall–Kier alpha value is -3.35. The van der Waals surface area contributed by atoms with Gasteiger partial charge < -0.3 is 20.5 Å². The van der Waals surface area contributed by atoms with E-state index in [9.17, 15) is 9.59 Å². The predicted molar refractivity (Wildman–Crippen MR) is 108 cm³/mol. The molecule has 0 aliphatic carbocycles. The molecule has 0 bridgehead atoms. The van der Waals surface area contributed by atoms with E-state index in [0.717, 1.165) is 22.5 Å². The van der Waals surface area contributed by atoms with E-state index < -0.39 is 0 Å². The number of aromatic nitrogens is 2. The topological polar surface area (TPSA) is 90.1 Å². The van der Waals surface area contributed by atoms with Gasteiger partial charge in [0.15, 0.2) is 0 Å². The summed E-state index contributed by atoms with van der Waals surface area (Å²) >= 11 is 0. The van der Waals surface area contributed by atoms with Crippen LogP contribution in [0.1, 0.15) is 18.7 Å². The average molecular weight is 377 g/mol. The lowest BCUT2D eigenvalue weighted by Gasteiger charge is -2.31. The summed E-state index contributed by atoms with van der Waals surface area (Å²) < 4.78 is 0. The van der Waals surface area contributed by atoms with E-state index >= 15 is 0 Å². The summed E-state index contributed by atoms with van der Waals surface area (Å²) in [4.78, 5) is 34.3. The molecule has 1 saturated heterocycles. The predicted octanol–water partition coefficient (Wildman–Crippen LogP) is 3.12. The van der Waals surface area contributed by atoms with Crippen molar-refractivity contribution in [3.05, 3.63) is 60.4 Å². The molecule has 2 aromatic carbocycles. The highest BCUT2D eigenvalue weighted by molar-refractivity contribution is 5.89. The van der Waals surface area contributed by atoms with Gasteiger partial charge in [-0.3, -0.25) is 4.79 Å². The number of imidazole rings is 1. The Labute approximate surface area is 163 Å². The van der Waals surface area contributed by atoms with E-state index in [1.165, 1.54) is 0 Å². The van der Waals surface area contributed by atoms with Gasteiger partial charge in [-0.05, 0) is 37.1 Å². The minimum Gasteiger partial charge on any atom is -0.349 e. The number of H-pyrrole nitrogens is 1. The third-order valence-electron chi connectivity index (χ3n) is 5.05. The summed E-state index contributed by atoms with van der Waals surface area (Å²) in [6, 6.07) is 17.1. The van der Waals surface area contributed by atoms with Gasteiger partial charge in [-0.15, -0.1) is 0 Å². The number of nitrogens with zero attached hydrogens (tertiary/aromatic N) is 2. The summed E-state index contributed by atoms with van der Waals surface area (Å²) in [6.07, 6.45) is 1.32. The van der Waals surface area contributed by atoms with Crippen LogP contribution >= 0.6 is 0 Å². The van der Waals surface area contributed by atoms with Crippen LogP contribution in [0.15, 0.2) is 54.6 Å². The molecule has 3 amide bonds. The quantitative estimate of drug-likeness (QED) is 0.652. The number of hydrogen-bond donors (Lipinski definition) is 3. The van der Waals surface area contributed by atoms with E-state index in [0.29, 0.717) is 32.5 Å². The van der Waals surface area contributed by atoms with Gasteiger partial charge in [0.05, 0.1) is 17.6 Å². The number of fused-ring (bicyclic) bond motifs is 1. The molecule has 28 heavy (non-hydrogen) atoms. The van der Waals surface area contributed by atoms with Crippen molar-refractivity contribution in [1.29, 1.82) is 0 Å². The van der Waals surface area contributed by atoms with Gasteiger partial charge in [-0.25, -0.2) is 9.78 Å². The van der Waals surface area contributed by atoms with Gasteiger partial charge in [0.1, 0.15) is 5.82 Å². The number of carbonyl (C=O) groups excluding carboxylic acids is 2. The molecule has 3 N–H and O–H groups in total. The van der Waals surface area contributed by atoms with Gasteiger partial charge in [0.2, 0.25) is 5.91 Å². The third kappa shape index (κ3) is 4.14. The molecule has 3 aromatic rings. The van der Waals surface area contributed by atoms with Crippen molar-refractivity contribution in [3.63, 3.8) is 0 Å². The smallest absolute Gasteiger partial charge is 0.321 e. The van der Waals surface area contributed by atoms with Crippen LogP contribution in [-0.2, 0) is 11.3 Å². The monoisotopic (exact) mass is 377 g/mol. The van der Waals surface area contributed by atoms with Crippen molar-refractivity contribution in [2.75, 3.05) is 18.4 Å². The molecule has 7 nitrogen and oxygen atoms in total. The largest absolute Gasteiger partial charge is 0.349 e. The number of carbonyl (C=O) groups is 2. The van der Waals surface area contributed by atoms with Crippen LogP contribution in [0.25, 0.3) is 11.0 Å². The Morgan fingerprint density at radius 2 is 1.75 bits per heavy atom. The first kappa shape index (κ1) is 18.0. The number of benzene rings is 2. The number of likely N-dealkylation sites (tertiary alicyclic amines) is 1. The fourth-order valence-corrected chi connectivity index (χ4v) is 3.47. The molecule has 4 rings (SSSR count). The molecule has 1 fully saturated rings. The van der Waals surface area contributed by atoms with Gasteiger partial charge in [-0.2, -0.15) is 0 Å². The Kier molecular flexibility index (Phi) is 5.23. The summed E-state index contributed by atoms with van der Waals surface area (Å²) in [6.45, 7) is 1.52. The Bertz CT molecular complexity index is 928. The van der Waals surface area contributed by atoms with Gasteiger partial charge >= 0.3 is 6.03 Å². The maximum absolute atomic E-state index is 12.5. The molecule has 7 heteroatoms.